The number of aromatic hydroxyl groups is 1. The van der Waals surface area contributed by atoms with E-state index in [9.17, 15) is 9.90 Å². The summed E-state index contributed by atoms with van der Waals surface area (Å²) in [4.78, 5) is 13.9. The number of nitrogens with one attached hydrogen (secondary N) is 1. The number of benzene rings is 1. The Bertz CT molecular complexity index is 464. The minimum atomic E-state index is -0.0183. The molecule has 5 heteroatoms. The highest BCUT2D eigenvalue weighted by atomic mass is 32.2. The molecule has 0 aliphatic heterocycles. The highest BCUT2D eigenvalue weighted by molar-refractivity contribution is 7.99. The van der Waals surface area contributed by atoms with Gasteiger partial charge < -0.3 is 15.3 Å². The van der Waals surface area contributed by atoms with Crippen LogP contribution in [0, 0.1) is 0 Å². The number of urea groups is 1. The van der Waals surface area contributed by atoms with Crippen molar-refractivity contribution in [3.8, 4) is 5.75 Å². The molecule has 0 heterocycles. The van der Waals surface area contributed by atoms with E-state index in [1.807, 2.05) is 23.9 Å². The molecule has 0 saturated heterocycles. The third-order valence-electron chi connectivity index (χ3n) is 3.82. The van der Waals surface area contributed by atoms with Crippen LogP contribution in [-0.4, -0.2) is 40.1 Å². The summed E-state index contributed by atoms with van der Waals surface area (Å²) in [6.45, 7) is 2.73. The third kappa shape index (κ3) is 4.84. The van der Waals surface area contributed by atoms with E-state index in [1.165, 1.54) is 6.42 Å². The van der Waals surface area contributed by atoms with Gasteiger partial charge in [-0.2, -0.15) is 11.8 Å². The summed E-state index contributed by atoms with van der Waals surface area (Å²) in [5, 5.41) is 13.1. The molecule has 0 spiro atoms. The van der Waals surface area contributed by atoms with Crippen LogP contribution in [-0.2, 0) is 6.54 Å². The first-order valence-electron chi connectivity index (χ1n) is 7.49. The molecule has 1 fully saturated rings. The Morgan fingerprint density at radius 3 is 2.76 bits per heavy atom. The van der Waals surface area contributed by atoms with Gasteiger partial charge in [0.05, 0.1) is 0 Å². The summed E-state index contributed by atoms with van der Waals surface area (Å²) >= 11 is 1.99. The molecule has 0 radical (unpaired) electrons. The largest absolute Gasteiger partial charge is 0.508 e. The number of thioether (sulfide) groups is 1. The number of amides is 2. The highest BCUT2D eigenvalue weighted by Gasteiger charge is 2.26. The number of carbonyl (C=O) groups excluding carboxylic acids is 1. The average molecular weight is 308 g/mol. The topological polar surface area (TPSA) is 52.6 Å². The van der Waals surface area contributed by atoms with Gasteiger partial charge in [-0.15, -0.1) is 0 Å². The van der Waals surface area contributed by atoms with Crippen molar-refractivity contribution in [3.05, 3.63) is 29.8 Å². The van der Waals surface area contributed by atoms with Crippen molar-refractivity contribution in [2.45, 2.75) is 44.0 Å². The predicted molar refractivity (Wildman–Crippen MR) is 87.7 cm³/mol. The maximum Gasteiger partial charge on any atom is 0.317 e. The molecule has 2 atom stereocenters. The lowest BCUT2D eigenvalue weighted by atomic mass is 10.2. The van der Waals surface area contributed by atoms with Gasteiger partial charge in [-0.3, -0.25) is 0 Å². The van der Waals surface area contributed by atoms with Crippen LogP contribution in [0.2, 0.25) is 0 Å². The maximum absolute atomic E-state index is 12.2. The first-order valence-corrected chi connectivity index (χ1v) is 8.54. The molecule has 4 nitrogen and oxygen atoms in total. The van der Waals surface area contributed by atoms with Gasteiger partial charge >= 0.3 is 6.03 Å². The molecule has 2 unspecified atom stereocenters. The fraction of sp³-hybridized carbons (Fsp3) is 0.562. The molecule has 1 aliphatic carbocycles. The first kappa shape index (κ1) is 16.0. The molecule has 116 valence electrons. The van der Waals surface area contributed by atoms with Gasteiger partial charge in [-0.1, -0.05) is 19.1 Å². The quantitative estimate of drug-likeness (QED) is 0.878. The van der Waals surface area contributed by atoms with Crippen molar-refractivity contribution >= 4 is 17.8 Å². The van der Waals surface area contributed by atoms with Crippen LogP contribution in [0.25, 0.3) is 0 Å². The van der Waals surface area contributed by atoms with E-state index in [2.05, 4.69) is 12.2 Å². The van der Waals surface area contributed by atoms with Crippen LogP contribution in [0.15, 0.2) is 24.3 Å². The second kappa shape index (κ2) is 7.59. The zero-order chi connectivity index (χ0) is 15.2. The van der Waals surface area contributed by atoms with Crippen LogP contribution in [0.4, 0.5) is 4.79 Å². The molecular formula is C16H24N2O2S. The standard InChI is InChI=1S/C16H24N2O2S/c1-3-21-15-9-6-13(10-15)17-16(20)18(2)11-12-4-7-14(19)8-5-12/h4-5,7-8,13,15,19H,3,6,9-11H2,1-2H3,(H,17,20). The fourth-order valence-corrected chi connectivity index (χ4v) is 3.83. The summed E-state index contributed by atoms with van der Waals surface area (Å²) in [5.74, 6) is 1.39. The molecule has 1 aliphatic rings. The Morgan fingerprint density at radius 2 is 2.10 bits per heavy atom. The maximum atomic E-state index is 12.2. The molecule has 2 amide bonds. The molecule has 1 aromatic carbocycles. The Morgan fingerprint density at radius 1 is 1.38 bits per heavy atom. The average Bonchev–Trinajstić information content (AvgIpc) is 2.89. The van der Waals surface area contributed by atoms with Gasteiger partial charge in [0.2, 0.25) is 0 Å². The van der Waals surface area contributed by atoms with Crippen LogP contribution < -0.4 is 5.32 Å². The van der Waals surface area contributed by atoms with Gasteiger partial charge in [0.25, 0.3) is 0 Å². The van der Waals surface area contributed by atoms with E-state index in [-0.39, 0.29) is 11.8 Å². The summed E-state index contributed by atoms with van der Waals surface area (Å²) in [6.07, 6.45) is 3.36. The molecule has 0 bridgehead atoms. The minimum Gasteiger partial charge on any atom is -0.508 e. The van der Waals surface area contributed by atoms with Crippen molar-refractivity contribution in [1.29, 1.82) is 0 Å². The highest BCUT2D eigenvalue weighted by Crippen LogP contribution is 2.29. The summed E-state index contributed by atoms with van der Waals surface area (Å²) in [7, 11) is 1.80. The third-order valence-corrected chi connectivity index (χ3v) is 5.05. The predicted octanol–water partition coefficient (Wildman–Crippen LogP) is 3.21. The smallest absolute Gasteiger partial charge is 0.317 e. The fourth-order valence-electron chi connectivity index (χ4n) is 2.69. The van der Waals surface area contributed by atoms with Crippen LogP contribution in [0.1, 0.15) is 31.7 Å². The van der Waals surface area contributed by atoms with Crippen LogP contribution in [0.5, 0.6) is 5.75 Å². The lowest BCUT2D eigenvalue weighted by Crippen LogP contribution is -2.41. The second-order valence-corrected chi connectivity index (χ2v) is 7.14. The molecule has 0 aromatic heterocycles. The number of nitrogens with zero attached hydrogens (tertiary/aromatic N) is 1. The summed E-state index contributed by atoms with van der Waals surface area (Å²) < 4.78 is 0. The molecule has 1 saturated carbocycles. The Kier molecular flexibility index (Phi) is 5.79. The number of hydrogen-bond donors (Lipinski definition) is 2. The molecule has 2 rings (SSSR count). The normalized spacial score (nSPS) is 21.2. The molecular weight excluding hydrogens is 284 g/mol. The lowest BCUT2D eigenvalue weighted by Gasteiger charge is -2.21. The second-order valence-electron chi connectivity index (χ2n) is 5.56. The van der Waals surface area contributed by atoms with E-state index in [0.29, 0.717) is 17.8 Å². The lowest BCUT2D eigenvalue weighted by molar-refractivity contribution is 0.203. The van der Waals surface area contributed by atoms with Crippen molar-refractivity contribution in [2.24, 2.45) is 0 Å². The van der Waals surface area contributed by atoms with Crippen molar-refractivity contribution in [3.63, 3.8) is 0 Å². The number of rotatable bonds is 5. The van der Waals surface area contributed by atoms with Gasteiger partial charge in [0, 0.05) is 24.9 Å². The Hall–Kier alpha value is -1.36. The van der Waals surface area contributed by atoms with Gasteiger partial charge in [0.1, 0.15) is 5.75 Å². The van der Waals surface area contributed by atoms with Crippen molar-refractivity contribution in [2.75, 3.05) is 12.8 Å². The van der Waals surface area contributed by atoms with E-state index >= 15 is 0 Å². The minimum absolute atomic E-state index is 0.0183. The van der Waals surface area contributed by atoms with Gasteiger partial charge in [-0.25, -0.2) is 4.79 Å². The van der Waals surface area contributed by atoms with E-state index in [4.69, 9.17) is 0 Å². The van der Waals surface area contributed by atoms with Crippen molar-refractivity contribution < 1.29 is 9.90 Å². The van der Waals surface area contributed by atoms with E-state index in [0.717, 1.165) is 24.2 Å². The number of phenolic OH excluding ortho intramolecular Hbond substituents is 1. The molecule has 21 heavy (non-hydrogen) atoms. The monoisotopic (exact) mass is 308 g/mol. The zero-order valence-corrected chi connectivity index (χ0v) is 13.5. The summed E-state index contributed by atoms with van der Waals surface area (Å²) in [5.41, 5.74) is 1.01. The Labute approximate surface area is 130 Å². The zero-order valence-electron chi connectivity index (χ0n) is 12.7. The number of phenols is 1. The number of hydrogen-bond acceptors (Lipinski definition) is 3. The SMILES string of the molecule is CCSC1CCC(NC(=O)N(C)Cc2ccc(O)cc2)C1. The van der Waals surface area contributed by atoms with Gasteiger partial charge in [-0.05, 0) is 42.7 Å². The van der Waals surface area contributed by atoms with Gasteiger partial charge in [0.15, 0.2) is 0 Å². The van der Waals surface area contributed by atoms with E-state index < -0.39 is 0 Å². The van der Waals surface area contributed by atoms with Crippen LogP contribution >= 0.6 is 11.8 Å². The molecule has 1 aromatic rings. The van der Waals surface area contributed by atoms with Crippen molar-refractivity contribution in [1.82, 2.24) is 10.2 Å². The molecule has 2 N–H and O–H groups in total. The van der Waals surface area contributed by atoms with Crippen LogP contribution in [0.3, 0.4) is 0 Å². The Balaban J connectivity index is 1.79. The first-order chi connectivity index (χ1) is 10.1. The van der Waals surface area contributed by atoms with E-state index in [1.54, 1.807) is 24.1 Å². The summed E-state index contributed by atoms with van der Waals surface area (Å²) in [6, 6.07) is 7.25. The number of carbonyl (C=O) groups is 1.